The summed E-state index contributed by atoms with van der Waals surface area (Å²) in [6.07, 6.45) is 1.05. The van der Waals surface area contributed by atoms with Crippen LogP contribution in [0.1, 0.15) is 64.3 Å². The maximum atomic E-state index is 13.8. The number of aromatic nitrogens is 1. The van der Waals surface area contributed by atoms with E-state index >= 15 is 0 Å². The highest BCUT2D eigenvalue weighted by atomic mass is 32.1. The van der Waals surface area contributed by atoms with Gasteiger partial charge >= 0.3 is 0 Å². The summed E-state index contributed by atoms with van der Waals surface area (Å²) in [5, 5.41) is 19.7. The van der Waals surface area contributed by atoms with Crippen LogP contribution < -0.4 is 16.0 Å². The Bertz CT molecular complexity index is 1170. The van der Waals surface area contributed by atoms with Gasteiger partial charge in [0, 0.05) is 19.5 Å². The van der Waals surface area contributed by atoms with Crippen LogP contribution in [-0.4, -0.2) is 70.5 Å². The van der Waals surface area contributed by atoms with Gasteiger partial charge in [0.15, 0.2) is 0 Å². The molecule has 0 spiro atoms. The summed E-state index contributed by atoms with van der Waals surface area (Å²) in [4.78, 5) is 47.1. The van der Waals surface area contributed by atoms with Gasteiger partial charge in [0.2, 0.25) is 17.7 Å². The van der Waals surface area contributed by atoms with Crippen LogP contribution in [0.3, 0.4) is 0 Å². The van der Waals surface area contributed by atoms with E-state index in [0.29, 0.717) is 6.54 Å². The first-order valence-corrected chi connectivity index (χ1v) is 14.6. The first-order chi connectivity index (χ1) is 18.5. The van der Waals surface area contributed by atoms with E-state index in [1.807, 2.05) is 64.4 Å². The number of hydrogen-bond acceptors (Lipinski definition) is 7. The van der Waals surface area contributed by atoms with E-state index in [-0.39, 0.29) is 42.6 Å². The summed E-state index contributed by atoms with van der Waals surface area (Å²) >= 11 is 1.59. The number of carbonyl (C=O) groups is 3. The lowest BCUT2D eigenvalue weighted by Gasteiger charge is -2.36. The molecule has 212 valence electrons. The molecular formula is C29H41N5O4S. The Hall–Kier alpha value is -2.82. The lowest BCUT2D eigenvalue weighted by molar-refractivity contribution is -0.144. The van der Waals surface area contributed by atoms with E-state index < -0.39 is 23.6 Å². The van der Waals surface area contributed by atoms with E-state index in [1.165, 1.54) is 4.90 Å². The molecule has 3 amide bonds. The Morgan fingerprint density at radius 3 is 2.46 bits per heavy atom. The minimum absolute atomic E-state index is 0.0572. The van der Waals surface area contributed by atoms with Gasteiger partial charge in [0.1, 0.15) is 12.1 Å². The number of aliphatic hydroxyl groups excluding tert-OH is 1. The third-order valence-corrected chi connectivity index (χ3v) is 8.69. The number of hydrogen-bond donors (Lipinski definition) is 4. The molecule has 0 saturated carbocycles. The fourth-order valence-corrected chi connectivity index (χ4v) is 6.16. The smallest absolute Gasteiger partial charge is 0.246 e. The van der Waals surface area contributed by atoms with Gasteiger partial charge in [0.05, 0.1) is 34.1 Å². The number of amides is 3. The van der Waals surface area contributed by atoms with Crippen molar-refractivity contribution < 1.29 is 19.5 Å². The molecule has 2 aliphatic heterocycles. The Kier molecular flexibility index (Phi) is 9.08. The second-order valence-electron chi connectivity index (χ2n) is 11.9. The van der Waals surface area contributed by atoms with E-state index in [2.05, 4.69) is 20.9 Å². The summed E-state index contributed by atoms with van der Waals surface area (Å²) in [7, 11) is 0. The molecule has 10 heteroatoms. The number of nitrogens with zero attached hydrogens (tertiary/aromatic N) is 2. The van der Waals surface area contributed by atoms with Gasteiger partial charge in [-0.2, -0.15) is 0 Å². The van der Waals surface area contributed by atoms with Crippen LogP contribution in [0.5, 0.6) is 0 Å². The number of piperidine rings is 1. The molecule has 2 saturated heterocycles. The average Bonchev–Trinajstić information content (AvgIpc) is 3.52. The van der Waals surface area contributed by atoms with Gasteiger partial charge in [-0.3, -0.25) is 14.4 Å². The molecule has 0 radical (unpaired) electrons. The third kappa shape index (κ3) is 6.85. The number of thiazole rings is 1. The predicted octanol–water partition coefficient (Wildman–Crippen LogP) is 2.79. The zero-order valence-corrected chi connectivity index (χ0v) is 24.3. The lowest BCUT2D eigenvalue weighted by Crippen LogP contribution is -2.59. The number of β-amino-alcohol motifs (C(OH)–C–C–N with tert-alkyl or cyclic N) is 1. The normalized spacial score (nSPS) is 23.2. The maximum Gasteiger partial charge on any atom is 0.246 e. The molecule has 5 atom stereocenters. The van der Waals surface area contributed by atoms with Crippen LogP contribution in [0.2, 0.25) is 0 Å². The Morgan fingerprint density at radius 2 is 1.87 bits per heavy atom. The maximum absolute atomic E-state index is 13.8. The highest BCUT2D eigenvalue weighted by molar-refractivity contribution is 7.13. The van der Waals surface area contributed by atoms with E-state index in [0.717, 1.165) is 41.1 Å². The average molecular weight is 556 g/mol. The van der Waals surface area contributed by atoms with Crippen molar-refractivity contribution >= 4 is 29.1 Å². The van der Waals surface area contributed by atoms with Crippen LogP contribution in [-0.2, 0) is 14.4 Å². The number of benzene rings is 1. The molecule has 2 aliphatic rings. The molecule has 0 bridgehead atoms. The predicted molar refractivity (Wildman–Crippen MR) is 152 cm³/mol. The summed E-state index contributed by atoms with van der Waals surface area (Å²) < 4.78 is 0. The summed E-state index contributed by atoms with van der Waals surface area (Å²) in [6.45, 7) is 11.1. The fraction of sp³-hybridized carbons (Fsp3) is 0.586. The van der Waals surface area contributed by atoms with Crippen molar-refractivity contribution in [3.8, 4) is 10.4 Å². The molecule has 0 aliphatic carbocycles. The molecule has 39 heavy (non-hydrogen) atoms. The quantitative estimate of drug-likeness (QED) is 0.417. The number of aliphatic hydroxyl groups is 1. The minimum atomic E-state index is -0.813. The lowest BCUT2D eigenvalue weighted by atomic mass is 9.84. The number of carbonyl (C=O) groups excluding carboxylic acids is 3. The highest BCUT2D eigenvalue weighted by Crippen LogP contribution is 2.29. The third-order valence-electron chi connectivity index (χ3n) is 7.71. The Morgan fingerprint density at radius 1 is 1.15 bits per heavy atom. The molecular weight excluding hydrogens is 514 g/mol. The van der Waals surface area contributed by atoms with Crippen molar-refractivity contribution in [2.75, 3.05) is 19.6 Å². The largest absolute Gasteiger partial charge is 0.391 e. The standard InChI is InChI=1S/C29H41N5O4S/c1-17(19-8-10-20(11-9-19)24-18(2)31-16-39-24)32-27(37)23-13-22(35)15-34(23)28(38)25(29(3,4)5)33-26(36)21-7-6-12-30-14-21/h8-11,16-17,21-23,25,30,35H,6-7,12-15H2,1-5H3,(H,32,37)(H,33,36)/t17-,21?,22+,23-,25+/m0/s1. The number of likely N-dealkylation sites (tertiary alicyclic amines) is 1. The van der Waals surface area contributed by atoms with Gasteiger partial charge in [-0.05, 0) is 49.8 Å². The Labute approximate surface area is 234 Å². The van der Waals surface area contributed by atoms with Crippen molar-refractivity contribution in [3.05, 3.63) is 41.0 Å². The number of aryl methyl sites for hydroxylation is 1. The summed E-state index contributed by atoms with van der Waals surface area (Å²) in [6, 6.07) is 6.09. The van der Waals surface area contributed by atoms with Gasteiger partial charge in [-0.25, -0.2) is 4.98 Å². The fourth-order valence-electron chi connectivity index (χ4n) is 5.35. The highest BCUT2D eigenvalue weighted by Gasteiger charge is 2.45. The van der Waals surface area contributed by atoms with E-state index in [9.17, 15) is 19.5 Å². The van der Waals surface area contributed by atoms with Crippen LogP contribution in [0.25, 0.3) is 10.4 Å². The summed E-state index contributed by atoms with van der Waals surface area (Å²) in [5.41, 5.74) is 4.25. The zero-order chi connectivity index (χ0) is 28.3. The van der Waals surface area contributed by atoms with Crippen LogP contribution in [0.4, 0.5) is 0 Å². The van der Waals surface area contributed by atoms with Crippen molar-refractivity contribution in [3.63, 3.8) is 0 Å². The van der Waals surface area contributed by atoms with Crippen molar-refractivity contribution in [1.29, 1.82) is 0 Å². The first-order valence-electron chi connectivity index (χ1n) is 13.8. The molecule has 2 fully saturated rings. The number of rotatable bonds is 7. The SMILES string of the molecule is Cc1ncsc1-c1ccc([C@H](C)NC(=O)[C@@H]2C[C@@H](O)CN2C(=O)[C@@H](NC(=O)C2CCCNC2)C(C)(C)C)cc1. The minimum Gasteiger partial charge on any atom is -0.391 e. The molecule has 4 N–H and O–H groups in total. The van der Waals surface area contributed by atoms with Gasteiger partial charge in [-0.1, -0.05) is 45.0 Å². The number of nitrogens with one attached hydrogen (secondary N) is 3. The molecule has 1 aromatic carbocycles. The molecule has 9 nitrogen and oxygen atoms in total. The monoisotopic (exact) mass is 555 g/mol. The van der Waals surface area contributed by atoms with E-state index in [4.69, 9.17) is 0 Å². The molecule has 3 heterocycles. The van der Waals surface area contributed by atoms with Gasteiger partial charge < -0.3 is 26.0 Å². The van der Waals surface area contributed by atoms with E-state index in [1.54, 1.807) is 11.3 Å². The van der Waals surface area contributed by atoms with Crippen LogP contribution in [0, 0.1) is 18.3 Å². The first kappa shape index (κ1) is 29.2. The van der Waals surface area contributed by atoms with Crippen molar-refractivity contribution in [1.82, 2.24) is 25.8 Å². The summed E-state index contributed by atoms with van der Waals surface area (Å²) in [5.74, 6) is -0.993. The molecule has 4 rings (SSSR count). The van der Waals surface area contributed by atoms with Crippen molar-refractivity contribution in [2.24, 2.45) is 11.3 Å². The Balaban J connectivity index is 1.44. The zero-order valence-electron chi connectivity index (χ0n) is 23.5. The second kappa shape index (κ2) is 12.1. The van der Waals surface area contributed by atoms with Gasteiger partial charge in [-0.15, -0.1) is 11.3 Å². The molecule has 2 aromatic rings. The molecule has 1 aromatic heterocycles. The van der Waals surface area contributed by atoms with Gasteiger partial charge in [0.25, 0.3) is 0 Å². The second-order valence-corrected chi connectivity index (χ2v) is 12.7. The van der Waals surface area contributed by atoms with Crippen LogP contribution >= 0.6 is 11.3 Å². The topological polar surface area (TPSA) is 124 Å². The van der Waals surface area contributed by atoms with Crippen LogP contribution in [0.15, 0.2) is 29.8 Å². The van der Waals surface area contributed by atoms with Crippen molar-refractivity contribution in [2.45, 2.75) is 78.1 Å². The molecule has 1 unspecified atom stereocenters.